The number of phenolic OH excluding ortho intramolecular Hbond substituents is 1. The van der Waals surface area contributed by atoms with Crippen LogP contribution in [0.5, 0.6) is 5.75 Å². The summed E-state index contributed by atoms with van der Waals surface area (Å²) >= 11 is 0. The number of hydrogen-bond acceptors (Lipinski definition) is 2. The Morgan fingerprint density at radius 1 is 1.11 bits per heavy atom. The molecule has 0 aliphatic heterocycles. The Bertz CT molecular complexity index is 619. The minimum atomic E-state index is 0.358. The van der Waals surface area contributed by atoms with E-state index in [4.69, 9.17) is 0 Å². The van der Waals surface area contributed by atoms with Gasteiger partial charge in [-0.15, -0.1) is 0 Å². The van der Waals surface area contributed by atoms with Crippen molar-refractivity contribution in [2.24, 2.45) is 0 Å². The van der Waals surface area contributed by atoms with E-state index in [1.165, 1.54) is 11.1 Å². The molecule has 2 nitrogen and oxygen atoms in total. The van der Waals surface area contributed by atoms with E-state index in [9.17, 15) is 5.11 Å². The molecule has 0 radical (unpaired) electrons. The van der Waals surface area contributed by atoms with Gasteiger partial charge in [0, 0.05) is 11.3 Å². The van der Waals surface area contributed by atoms with Gasteiger partial charge in [0.1, 0.15) is 5.75 Å². The van der Waals surface area contributed by atoms with Crippen LogP contribution in [0.15, 0.2) is 36.4 Å². The standard InChI is InChI=1S/C17H19NO/c1-11-7-9-15(12(2)17(11)19)18-16-10-8-13-5-3-4-6-14(13)16/h3-7,9,16,18-19H,8,10H2,1-2H3. The summed E-state index contributed by atoms with van der Waals surface area (Å²) < 4.78 is 0. The number of rotatable bonds is 2. The Labute approximate surface area is 114 Å². The maximum atomic E-state index is 10.0. The SMILES string of the molecule is Cc1ccc(NC2CCc3ccccc32)c(C)c1O. The molecule has 0 heterocycles. The van der Waals surface area contributed by atoms with Crippen LogP contribution in [0.2, 0.25) is 0 Å². The first-order valence-corrected chi connectivity index (χ1v) is 6.80. The Morgan fingerprint density at radius 3 is 2.74 bits per heavy atom. The maximum Gasteiger partial charge on any atom is 0.123 e. The molecule has 1 atom stereocenters. The lowest BCUT2D eigenvalue weighted by atomic mass is 10.1. The molecule has 0 bridgehead atoms. The van der Waals surface area contributed by atoms with Crippen molar-refractivity contribution in [2.45, 2.75) is 32.7 Å². The summed E-state index contributed by atoms with van der Waals surface area (Å²) in [5.74, 6) is 0.399. The highest BCUT2D eigenvalue weighted by atomic mass is 16.3. The molecular weight excluding hydrogens is 234 g/mol. The molecule has 0 saturated heterocycles. The minimum Gasteiger partial charge on any atom is -0.507 e. The molecule has 0 saturated carbocycles. The summed E-state index contributed by atoms with van der Waals surface area (Å²) in [6.45, 7) is 3.89. The maximum absolute atomic E-state index is 10.0. The number of phenols is 1. The monoisotopic (exact) mass is 253 g/mol. The van der Waals surface area contributed by atoms with Crippen molar-refractivity contribution in [1.82, 2.24) is 0 Å². The second-order valence-corrected chi connectivity index (χ2v) is 5.34. The molecule has 2 aromatic rings. The summed E-state index contributed by atoms with van der Waals surface area (Å²) in [4.78, 5) is 0. The Balaban J connectivity index is 1.90. The first-order chi connectivity index (χ1) is 9.16. The summed E-state index contributed by atoms with van der Waals surface area (Å²) in [6, 6.07) is 13.0. The fourth-order valence-electron chi connectivity index (χ4n) is 2.89. The number of nitrogens with one attached hydrogen (secondary N) is 1. The van der Waals surface area contributed by atoms with Crippen LogP contribution in [0.3, 0.4) is 0 Å². The van der Waals surface area contributed by atoms with Crippen LogP contribution in [0, 0.1) is 13.8 Å². The highest BCUT2D eigenvalue weighted by Gasteiger charge is 2.22. The number of aryl methyl sites for hydroxylation is 2. The molecule has 0 amide bonds. The molecule has 0 aromatic heterocycles. The smallest absolute Gasteiger partial charge is 0.123 e. The molecule has 1 unspecified atom stereocenters. The van der Waals surface area contributed by atoms with E-state index in [0.717, 1.165) is 29.7 Å². The van der Waals surface area contributed by atoms with Gasteiger partial charge in [-0.05, 0) is 49.4 Å². The average Bonchev–Trinajstić information content (AvgIpc) is 2.83. The highest BCUT2D eigenvalue weighted by molar-refractivity contribution is 5.60. The van der Waals surface area contributed by atoms with E-state index in [2.05, 4.69) is 35.6 Å². The summed E-state index contributed by atoms with van der Waals surface area (Å²) in [5, 5.41) is 13.6. The lowest BCUT2D eigenvalue weighted by Crippen LogP contribution is -2.08. The zero-order valence-electron chi connectivity index (χ0n) is 11.4. The number of aromatic hydroxyl groups is 1. The van der Waals surface area contributed by atoms with Crippen molar-refractivity contribution in [1.29, 1.82) is 0 Å². The van der Waals surface area contributed by atoms with Gasteiger partial charge in [0.2, 0.25) is 0 Å². The number of hydrogen-bond donors (Lipinski definition) is 2. The molecule has 0 fully saturated rings. The van der Waals surface area contributed by atoms with Crippen LogP contribution in [-0.2, 0) is 6.42 Å². The van der Waals surface area contributed by atoms with E-state index >= 15 is 0 Å². The lowest BCUT2D eigenvalue weighted by Gasteiger charge is -2.18. The normalized spacial score (nSPS) is 17.3. The number of fused-ring (bicyclic) bond motifs is 1. The number of anilines is 1. The minimum absolute atomic E-state index is 0.358. The van der Waals surface area contributed by atoms with Gasteiger partial charge in [-0.2, -0.15) is 0 Å². The van der Waals surface area contributed by atoms with E-state index < -0.39 is 0 Å². The topological polar surface area (TPSA) is 32.3 Å². The quantitative estimate of drug-likeness (QED) is 0.844. The van der Waals surface area contributed by atoms with Gasteiger partial charge < -0.3 is 10.4 Å². The summed E-state index contributed by atoms with van der Waals surface area (Å²) in [6.07, 6.45) is 2.25. The van der Waals surface area contributed by atoms with E-state index in [1.54, 1.807) is 0 Å². The largest absolute Gasteiger partial charge is 0.507 e. The van der Waals surface area contributed by atoms with Crippen molar-refractivity contribution in [3.8, 4) is 5.75 Å². The van der Waals surface area contributed by atoms with Gasteiger partial charge >= 0.3 is 0 Å². The molecular formula is C17H19NO. The summed E-state index contributed by atoms with van der Waals surface area (Å²) in [7, 11) is 0. The number of benzene rings is 2. The first-order valence-electron chi connectivity index (χ1n) is 6.80. The lowest BCUT2D eigenvalue weighted by molar-refractivity contribution is 0.467. The van der Waals surface area contributed by atoms with Crippen molar-refractivity contribution >= 4 is 5.69 Å². The first kappa shape index (κ1) is 12.1. The van der Waals surface area contributed by atoms with Gasteiger partial charge in [0.05, 0.1) is 6.04 Å². The van der Waals surface area contributed by atoms with Crippen LogP contribution in [0.4, 0.5) is 5.69 Å². The molecule has 2 heteroatoms. The second kappa shape index (κ2) is 4.61. The van der Waals surface area contributed by atoms with Gasteiger partial charge in [-0.25, -0.2) is 0 Å². The third-order valence-corrected chi connectivity index (χ3v) is 4.10. The van der Waals surface area contributed by atoms with Crippen LogP contribution in [0.25, 0.3) is 0 Å². The fraction of sp³-hybridized carbons (Fsp3) is 0.294. The third-order valence-electron chi connectivity index (χ3n) is 4.10. The predicted molar refractivity (Wildman–Crippen MR) is 78.7 cm³/mol. The molecule has 0 spiro atoms. The van der Waals surface area contributed by atoms with Gasteiger partial charge in [-0.1, -0.05) is 30.3 Å². The average molecular weight is 253 g/mol. The molecule has 2 N–H and O–H groups in total. The van der Waals surface area contributed by atoms with Crippen molar-refractivity contribution in [2.75, 3.05) is 5.32 Å². The summed E-state index contributed by atoms with van der Waals surface area (Å²) in [5.41, 5.74) is 5.72. The van der Waals surface area contributed by atoms with Crippen molar-refractivity contribution in [3.05, 3.63) is 58.7 Å². The van der Waals surface area contributed by atoms with Crippen LogP contribution in [-0.4, -0.2) is 5.11 Å². The van der Waals surface area contributed by atoms with Gasteiger partial charge in [0.25, 0.3) is 0 Å². The van der Waals surface area contributed by atoms with Gasteiger partial charge in [0.15, 0.2) is 0 Å². The van der Waals surface area contributed by atoms with E-state index in [1.807, 2.05) is 19.9 Å². The highest BCUT2D eigenvalue weighted by Crippen LogP contribution is 2.36. The Morgan fingerprint density at radius 2 is 1.89 bits per heavy atom. The Hall–Kier alpha value is -1.96. The van der Waals surface area contributed by atoms with Gasteiger partial charge in [-0.3, -0.25) is 0 Å². The molecule has 2 aromatic carbocycles. The second-order valence-electron chi connectivity index (χ2n) is 5.34. The van der Waals surface area contributed by atoms with Crippen molar-refractivity contribution in [3.63, 3.8) is 0 Å². The molecule has 1 aliphatic carbocycles. The molecule has 1 aliphatic rings. The molecule has 98 valence electrons. The van der Waals surface area contributed by atoms with Crippen molar-refractivity contribution < 1.29 is 5.11 Å². The van der Waals surface area contributed by atoms with E-state index in [0.29, 0.717) is 11.8 Å². The van der Waals surface area contributed by atoms with Crippen LogP contribution >= 0.6 is 0 Å². The van der Waals surface area contributed by atoms with Crippen LogP contribution in [0.1, 0.15) is 34.7 Å². The van der Waals surface area contributed by atoms with E-state index in [-0.39, 0.29) is 0 Å². The molecule has 3 rings (SSSR count). The predicted octanol–water partition coefficient (Wildman–Crippen LogP) is 4.11. The third kappa shape index (κ3) is 2.07. The molecule has 19 heavy (non-hydrogen) atoms. The van der Waals surface area contributed by atoms with Crippen LogP contribution < -0.4 is 5.32 Å². The zero-order valence-corrected chi connectivity index (χ0v) is 11.4. The fourth-order valence-corrected chi connectivity index (χ4v) is 2.89. The Kier molecular flexibility index (Phi) is 2.94. The zero-order chi connectivity index (χ0) is 13.4.